The van der Waals surface area contributed by atoms with E-state index in [1.807, 2.05) is 31.2 Å². The monoisotopic (exact) mass is 269 g/mol. The molecular formula is C16H12FNO2. The molecule has 3 rings (SSSR count). The first kappa shape index (κ1) is 12.5. The first-order valence-electron chi connectivity index (χ1n) is 6.27. The van der Waals surface area contributed by atoms with Crippen molar-refractivity contribution >= 4 is 17.4 Å². The second-order valence-electron chi connectivity index (χ2n) is 4.87. The van der Waals surface area contributed by atoms with Crippen LogP contribution in [0.25, 0.3) is 0 Å². The Morgan fingerprint density at radius 2 is 1.75 bits per heavy atom. The third-order valence-electron chi connectivity index (χ3n) is 3.40. The van der Waals surface area contributed by atoms with Crippen molar-refractivity contribution in [2.24, 2.45) is 0 Å². The normalized spacial score (nSPS) is 13.8. The number of rotatable bonds is 2. The van der Waals surface area contributed by atoms with Gasteiger partial charge in [0.1, 0.15) is 5.82 Å². The van der Waals surface area contributed by atoms with Crippen molar-refractivity contribution in [2.45, 2.75) is 13.5 Å². The number of Topliss-reactive ketones (excluding diaryl/α,β-unsaturated/α-hetero) is 1. The minimum atomic E-state index is -0.605. The zero-order valence-electron chi connectivity index (χ0n) is 10.9. The summed E-state index contributed by atoms with van der Waals surface area (Å²) in [6.07, 6.45) is 0. The Morgan fingerprint density at radius 1 is 1.05 bits per heavy atom. The van der Waals surface area contributed by atoms with Gasteiger partial charge >= 0.3 is 0 Å². The van der Waals surface area contributed by atoms with Crippen molar-refractivity contribution in [1.82, 2.24) is 0 Å². The van der Waals surface area contributed by atoms with E-state index in [2.05, 4.69) is 0 Å². The van der Waals surface area contributed by atoms with Crippen molar-refractivity contribution in [3.63, 3.8) is 0 Å². The number of amides is 1. The molecule has 1 heterocycles. The molecule has 4 heteroatoms. The maximum atomic E-state index is 13.3. The Kier molecular flexibility index (Phi) is 2.86. The number of fused-ring (bicyclic) bond motifs is 1. The van der Waals surface area contributed by atoms with E-state index in [1.165, 1.54) is 23.1 Å². The lowest BCUT2D eigenvalue weighted by Crippen LogP contribution is -2.29. The van der Waals surface area contributed by atoms with E-state index in [4.69, 9.17) is 0 Å². The van der Waals surface area contributed by atoms with Crippen molar-refractivity contribution in [2.75, 3.05) is 4.90 Å². The summed E-state index contributed by atoms with van der Waals surface area (Å²) in [4.78, 5) is 25.2. The molecule has 1 aliphatic heterocycles. The van der Waals surface area contributed by atoms with Gasteiger partial charge in [-0.1, -0.05) is 29.8 Å². The number of carbonyl (C=O) groups is 2. The van der Waals surface area contributed by atoms with Crippen LogP contribution in [0.2, 0.25) is 0 Å². The van der Waals surface area contributed by atoms with Gasteiger partial charge in [0.2, 0.25) is 0 Å². The molecule has 0 saturated heterocycles. The van der Waals surface area contributed by atoms with Crippen LogP contribution in [0.3, 0.4) is 0 Å². The average Bonchev–Trinajstić information content (AvgIpc) is 2.66. The maximum absolute atomic E-state index is 13.3. The standard InChI is InChI=1S/C16H12FNO2/c1-10-2-4-11(5-3-10)9-18-14-8-12(17)6-7-13(14)15(19)16(18)20/h2-8H,9H2,1H3. The van der Waals surface area contributed by atoms with Crippen LogP contribution in [-0.2, 0) is 11.3 Å². The summed E-state index contributed by atoms with van der Waals surface area (Å²) in [6, 6.07) is 11.4. The summed E-state index contributed by atoms with van der Waals surface area (Å²) in [5, 5.41) is 0. The van der Waals surface area contributed by atoms with Crippen LogP contribution in [0.1, 0.15) is 21.5 Å². The van der Waals surface area contributed by atoms with Crippen LogP contribution in [0.15, 0.2) is 42.5 Å². The van der Waals surface area contributed by atoms with Gasteiger partial charge in [-0.15, -0.1) is 0 Å². The lowest BCUT2D eigenvalue weighted by molar-refractivity contribution is -0.114. The van der Waals surface area contributed by atoms with E-state index in [0.29, 0.717) is 5.69 Å². The second-order valence-corrected chi connectivity index (χ2v) is 4.87. The van der Waals surface area contributed by atoms with Crippen molar-refractivity contribution in [3.8, 4) is 0 Å². The minimum Gasteiger partial charge on any atom is -0.300 e. The van der Waals surface area contributed by atoms with Crippen LogP contribution < -0.4 is 4.90 Å². The zero-order valence-corrected chi connectivity index (χ0v) is 10.9. The number of halogens is 1. The van der Waals surface area contributed by atoms with Crippen molar-refractivity contribution < 1.29 is 14.0 Å². The van der Waals surface area contributed by atoms with Crippen LogP contribution in [0, 0.1) is 12.7 Å². The first-order valence-corrected chi connectivity index (χ1v) is 6.27. The van der Waals surface area contributed by atoms with Gasteiger partial charge in [-0.05, 0) is 30.7 Å². The zero-order chi connectivity index (χ0) is 14.3. The van der Waals surface area contributed by atoms with Gasteiger partial charge in [-0.25, -0.2) is 4.39 Å². The third-order valence-corrected chi connectivity index (χ3v) is 3.40. The Balaban J connectivity index is 1.98. The highest BCUT2D eigenvalue weighted by molar-refractivity contribution is 6.52. The number of ketones is 1. The van der Waals surface area contributed by atoms with Crippen LogP contribution in [0.5, 0.6) is 0 Å². The number of carbonyl (C=O) groups excluding carboxylic acids is 2. The number of aryl methyl sites for hydroxylation is 1. The van der Waals surface area contributed by atoms with E-state index in [9.17, 15) is 14.0 Å². The fourth-order valence-corrected chi connectivity index (χ4v) is 2.30. The lowest BCUT2D eigenvalue weighted by Gasteiger charge is -2.16. The lowest BCUT2D eigenvalue weighted by atomic mass is 10.1. The molecule has 20 heavy (non-hydrogen) atoms. The summed E-state index contributed by atoms with van der Waals surface area (Å²) >= 11 is 0. The Labute approximate surface area is 115 Å². The number of nitrogens with zero attached hydrogens (tertiary/aromatic N) is 1. The van der Waals surface area contributed by atoms with Gasteiger partial charge in [-0.3, -0.25) is 9.59 Å². The predicted molar refractivity (Wildman–Crippen MR) is 73.1 cm³/mol. The molecule has 0 radical (unpaired) electrons. The molecule has 0 N–H and O–H groups in total. The van der Waals surface area contributed by atoms with E-state index in [-0.39, 0.29) is 12.1 Å². The van der Waals surface area contributed by atoms with Gasteiger partial charge in [0.15, 0.2) is 0 Å². The second kappa shape index (κ2) is 4.56. The van der Waals surface area contributed by atoms with E-state index < -0.39 is 17.5 Å². The highest BCUT2D eigenvalue weighted by atomic mass is 19.1. The molecule has 0 unspecified atom stereocenters. The van der Waals surface area contributed by atoms with E-state index >= 15 is 0 Å². The summed E-state index contributed by atoms with van der Waals surface area (Å²) < 4.78 is 13.3. The molecule has 1 amide bonds. The molecule has 1 aliphatic rings. The Hall–Kier alpha value is -2.49. The molecule has 100 valence electrons. The fraction of sp³-hybridized carbons (Fsp3) is 0.125. The molecule has 2 aromatic carbocycles. The molecule has 0 aromatic heterocycles. The Bertz CT molecular complexity index is 707. The summed E-state index contributed by atoms with van der Waals surface area (Å²) in [7, 11) is 0. The highest BCUT2D eigenvalue weighted by Gasteiger charge is 2.35. The Morgan fingerprint density at radius 3 is 2.45 bits per heavy atom. The molecule has 0 aliphatic carbocycles. The van der Waals surface area contributed by atoms with E-state index in [1.54, 1.807) is 0 Å². The van der Waals surface area contributed by atoms with Crippen LogP contribution >= 0.6 is 0 Å². The van der Waals surface area contributed by atoms with Crippen LogP contribution in [-0.4, -0.2) is 11.7 Å². The third kappa shape index (κ3) is 1.99. The highest BCUT2D eigenvalue weighted by Crippen LogP contribution is 2.30. The van der Waals surface area contributed by atoms with E-state index in [0.717, 1.165) is 11.1 Å². The summed E-state index contributed by atoms with van der Waals surface area (Å²) in [5.41, 5.74) is 2.63. The summed E-state index contributed by atoms with van der Waals surface area (Å²) in [5.74, 6) is -1.64. The van der Waals surface area contributed by atoms with Gasteiger partial charge in [0.25, 0.3) is 11.7 Å². The average molecular weight is 269 g/mol. The SMILES string of the molecule is Cc1ccc(CN2C(=O)C(=O)c3ccc(F)cc32)cc1. The summed E-state index contributed by atoms with van der Waals surface area (Å²) in [6.45, 7) is 2.24. The van der Waals surface area contributed by atoms with Gasteiger partial charge in [0.05, 0.1) is 17.8 Å². The predicted octanol–water partition coefficient (Wildman–Crippen LogP) is 2.86. The number of hydrogen-bond acceptors (Lipinski definition) is 2. The number of benzene rings is 2. The van der Waals surface area contributed by atoms with Crippen molar-refractivity contribution in [3.05, 3.63) is 65.0 Å². The molecule has 0 fully saturated rings. The molecule has 0 bridgehead atoms. The molecule has 0 atom stereocenters. The molecule has 0 spiro atoms. The number of hydrogen-bond donors (Lipinski definition) is 0. The largest absolute Gasteiger partial charge is 0.300 e. The minimum absolute atomic E-state index is 0.265. The molecule has 3 nitrogen and oxygen atoms in total. The molecule has 0 saturated carbocycles. The van der Waals surface area contributed by atoms with Crippen LogP contribution in [0.4, 0.5) is 10.1 Å². The van der Waals surface area contributed by atoms with Gasteiger partial charge in [-0.2, -0.15) is 0 Å². The fourth-order valence-electron chi connectivity index (χ4n) is 2.30. The quantitative estimate of drug-likeness (QED) is 0.786. The first-order chi connectivity index (χ1) is 9.56. The number of anilines is 1. The van der Waals surface area contributed by atoms with Gasteiger partial charge < -0.3 is 4.90 Å². The smallest absolute Gasteiger partial charge is 0.299 e. The maximum Gasteiger partial charge on any atom is 0.299 e. The molecule has 2 aromatic rings. The molecular weight excluding hydrogens is 257 g/mol. The van der Waals surface area contributed by atoms with Crippen molar-refractivity contribution in [1.29, 1.82) is 0 Å². The van der Waals surface area contributed by atoms with Gasteiger partial charge in [0, 0.05) is 0 Å². The topological polar surface area (TPSA) is 37.4 Å².